The number of hydrogen-bond donors (Lipinski definition) is 2. The quantitative estimate of drug-likeness (QED) is 0.272. The fourth-order valence-corrected chi connectivity index (χ4v) is 5.12. The van der Waals surface area contributed by atoms with Crippen LogP contribution in [0.1, 0.15) is 47.2 Å². The number of pyridine rings is 1. The van der Waals surface area contributed by atoms with Crippen molar-refractivity contribution in [1.82, 2.24) is 20.1 Å². The summed E-state index contributed by atoms with van der Waals surface area (Å²) in [6, 6.07) is 13.4. The molecule has 8 heteroatoms. The molecule has 0 aliphatic carbocycles. The minimum absolute atomic E-state index is 0.0706. The normalized spacial score (nSPS) is 15.9. The van der Waals surface area contributed by atoms with Gasteiger partial charge in [-0.1, -0.05) is 35.6 Å². The molecule has 2 aromatic carbocycles. The van der Waals surface area contributed by atoms with Crippen molar-refractivity contribution in [2.75, 3.05) is 45.5 Å². The molecule has 0 unspecified atom stereocenters. The van der Waals surface area contributed by atoms with Crippen LogP contribution in [0.3, 0.4) is 0 Å². The molecular formula is C32H36ClN5O2. The Morgan fingerprint density at radius 2 is 1.82 bits per heavy atom. The zero-order valence-electron chi connectivity index (χ0n) is 22.9. The second-order valence-corrected chi connectivity index (χ2v) is 10.4. The van der Waals surface area contributed by atoms with E-state index in [-0.39, 0.29) is 5.91 Å². The second-order valence-electron chi connectivity index (χ2n) is 10.0. The van der Waals surface area contributed by atoms with Gasteiger partial charge in [-0.05, 0) is 88.3 Å². The summed E-state index contributed by atoms with van der Waals surface area (Å²) in [7, 11) is 1.97. The summed E-state index contributed by atoms with van der Waals surface area (Å²) in [6.45, 7) is 4.90. The highest BCUT2D eigenvalue weighted by Gasteiger charge is 2.22. The zero-order valence-corrected chi connectivity index (χ0v) is 23.7. The van der Waals surface area contributed by atoms with Crippen molar-refractivity contribution < 1.29 is 9.59 Å². The first kappa shape index (κ1) is 29.3. The van der Waals surface area contributed by atoms with Gasteiger partial charge in [-0.3, -0.25) is 14.5 Å². The minimum atomic E-state index is 0.0706. The summed E-state index contributed by atoms with van der Waals surface area (Å²) in [5.41, 5.74) is 8.20. The van der Waals surface area contributed by atoms with Crippen molar-refractivity contribution in [3.05, 3.63) is 82.5 Å². The van der Waals surface area contributed by atoms with Gasteiger partial charge in [-0.2, -0.15) is 0 Å². The maximum absolute atomic E-state index is 12.7. The molecule has 0 radical (unpaired) electrons. The van der Waals surface area contributed by atoms with Gasteiger partial charge < -0.3 is 16.0 Å². The van der Waals surface area contributed by atoms with E-state index in [4.69, 9.17) is 17.3 Å². The number of anilines is 1. The van der Waals surface area contributed by atoms with E-state index in [0.29, 0.717) is 28.0 Å². The molecule has 0 bridgehead atoms. The van der Waals surface area contributed by atoms with Crippen molar-refractivity contribution in [2.24, 2.45) is 0 Å². The molecule has 1 amide bonds. The van der Waals surface area contributed by atoms with Crippen molar-refractivity contribution in [3.63, 3.8) is 0 Å². The Kier molecular flexibility index (Phi) is 10.7. The average molecular weight is 558 g/mol. The molecule has 208 valence electrons. The number of carbonyl (C=O) groups is 2. The number of nitrogens with two attached hydrogens (primary N) is 1. The van der Waals surface area contributed by atoms with E-state index in [1.807, 2.05) is 60.5 Å². The van der Waals surface area contributed by atoms with Crippen LogP contribution in [-0.4, -0.2) is 72.8 Å². The van der Waals surface area contributed by atoms with Crippen LogP contribution in [-0.2, 0) is 4.79 Å². The van der Waals surface area contributed by atoms with Crippen LogP contribution in [0.25, 0.3) is 10.8 Å². The molecule has 1 aromatic heterocycles. The number of aldehydes is 1. The fraction of sp³-hybridized carbons (Fsp3) is 0.344. The van der Waals surface area contributed by atoms with Crippen molar-refractivity contribution in [3.8, 4) is 11.8 Å². The van der Waals surface area contributed by atoms with Gasteiger partial charge in [0, 0.05) is 58.8 Å². The van der Waals surface area contributed by atoms with Crippen molar-refractivity contribution in [2.45, 2.75) is 31.7 Å². The van der Waals surface area contributed by atoms with Gasteiger partial charge in [0.1, 0.15) is 12.1 Å². The maximum Gasteiger partial charge on any atom is 0.253 e. The van der Waals surface area contributed by atoms with Gasteiger partial charge >= 0.3 is 0 Å². The number of hydrogen-bond acceptors (Lipinski definition) is 6. The first-order chi connectivity index (χ1) is 19.5. The number of aromatic nitrogens is 1. The number of amides is 1. The van der Waals surface area contributed by atoms with Gasteiger partial charge in [0.25, 0.3) is 5.91 Å². The number of benzene rings is 2. The number of nitrogens with one attached hydrogen (secondary N) is 1. The standard InChI is InChI=1S/C24H23ClN4O.C8H13NO/c1-27-20-10-12-29(13-11-20)24(30)17-5-2-16(3-6-17)4-9-21-22-14-19(25)8-7-18(22)15-28-23(21)26;10-8-4-3-7-9-5-1-2-6-9/h2-3,5-8,14-15,20,27H,10-13H2,1H3,(H2,26,28);3-4,8H,1-2,5-7H2/b;4-3+. The summed E-state index contributed by atoms with van der Waals surface area (Å²) < 4.78 is 0. The molecule has 3 N–H and O–H groups in total. The highest BCUT2D eigenvalue weighted by atomic mass is 35.5. The van der Waals surface area contributed by atoms with Gasteiger partial charge in [0.15, 0.2) is 0 Å². The average Bonchev–Trinajstić information content (AvgIpc) is 3.51. The molecular weight excluding hydrogens is 522 g/mol. The zero-order chi connectivity index (χ0) is 28.3. The predicted molar refractivity (Wildman–Crippen MR) is 162 cm³/mol. The largest absolute Gasteiger partial charge is 0.383 e. The van der Waals surface area contributed by atoms with E-state index in [1.54, 1.807) is 12.3 Å². The third-order valence-electron chi connectivity index (χ3n) is 7.31. The van der Waals surface area contributed by atoms with E-state index in [9.17, 15) is 9.59 Å². The monoisotopic (exact) mass is 557 g/mol. The summed E-state index contributed by atoms with van der Waals surface area (Å²) in [5, 5.41) is 5.71. The van der Waals surface area contributed by atoms with E-state index < -0.39 is 0 Å². The van der Waals surface area contributed by atoms with E-state index in [0.717, 1.165) is 55.1 Å². The number of allylic oxidation sites excluding steroid dienone is 1. The number of fused-ring (bicyclic) bond motifs is 1. The number of rotatable bonds is 5. The molecule has 7 nitrogen and oxygen atoms in total. The lowest BCUT2D eigenvalue weighted by atomic mass is 10.0. The molecule has 40 heavy (non-hydrogen) atoms. The van der Waals surface area contributed by atoms with Crippen LogP contribution in [0.15, 0.2) is 60.8 Å². The van der Waals surface area contributed by atoms with Crippen LogP contribution in [0, 0.1) is 11.8 Å². The van der Waals surface area contributed by atoms with Gasteiger partial charge in [0.05, 0.1) is 5.56 Å². The topological polar surface area (TPSA) is 91.6 Å². The van der Waals surface area contributed by atoms with Crippen molar-refractivity contribution in [1.29, 1.82) is 0 Å². The van der Waals surface area contributed by atoms with Crippen LogP contribution in [0.2, 0.25) is 5.02 Å². The van der Waals surface area contributed by atoms with Crippen LogP contribution in [0.5, 0.6) is 0 Å². The maximum atomic E-state index is 12.7. The number of halogens is 1. The summed E-state index contributed by atoms with van der Waals surface area (Å²) >= 11 is 6.14. The molecule has 0 atom stereocenters. The summed E-state index contributed by atoms with van der Waals surface area (Å²) in [5.74, 6) is 6.69. The Morgan fingerprint density at radius 1 is 1.10 bits per heavy atom. The lowest BCUT2D eigenvalue weighted by Gasteiger charge is -2.31. The smallest absolute Gasteiger partial charge is 0.253 e. The highest BCUT2D eigenvalue weighted by molar-refractivity contribution is 6.31. The van der Waals surface area contributed by atoms with Crippen LogP contribution < -0.4 is 11.1 Å². The minimum Gasteiger partial charge on any atom is -0.383 e. The third-order valence-corrected chi connectivity index (χ3v) is 7.55. The Morgan fingerprint density at radius 3 is 2.50 bits per heavy atom. The van der Waals surface area contributed by atoms with Gasteiger partial charge in [-0.25, -0.2) is 4.98 Å². The molecule has 2 aliphatic heterocycles. The first-order valence-corrected chi connectivity index (χ1v) is 14.1. The Labute approximate surface area is 241 Å². The number of likely N-dealkylation sites (tertiary alicyclic amines) is 2. The van der Waals surface area contributed by atoms with Crippen LogP contribution >= 0.6 is 11.6 Å². The lowest BCUT2D eigenvalue weighted by Crippen LogP contribution is -2.43. The Bertz CT molecular complexity index is 1390. The van der Waals surface area contributed by atoms with Crippen molar-refractivity contribution >= 4 is 40.4 Å². The predicted octanol–water partition coefficient (Wildman–Crippen LogP) is 4.53. The first-order valence-electron chi connectivity index (χ1n) is 13.7. The number of nitrogen functional groups attached to an aromatic ring is 1. The molecule has 2 fully saturated rings. The molecule has 3 aromatic rings. The highest BCUT2D eigenvalue weighted by Crippen LogP contribution is 2.25. The third kappa shape index (κ3) is 7.92. The van der Waals surface area contributed by atoms with Gasteiger partial charge in [-0.15, -0.1) is 0 Å². The molecule has 2 aliphatic rings. The second kappa shape index (κ2) is 14.6. The Hall–Kier alpha value is -3.70. The summed E-state index contributed by atoms with van der Waals surface area (Å²) in [4.78, 5) is 31.1. The molecule has 2 saturated heterocycles. The molecule has 0 saturated carbocycles. The van der Waals surface area contributed by atoms with E-state index >= 15 is 0 Å². The summed E-state index contributed by atoms with van der Waals surface area (Å²) in [6.07, 6.45) is 10.6. The van der Waals surface area contributed by atoms with E-state index in [2.05, 4.69) is 27.0 Å². The lowest BCUT2D eigenvalue weighted by molar-refractivity contribution is -0.104. The molecule has 0 spiro atoms. The SMILES string of the molecule is CNC1CCN(C(=O)c2ccc(C#Cc3c(N)ncc4ccc(Cl)cc34)cc2)CC1.O=C/C=C/CN1CCCC1. The fourth-order valence-electron chi connectivity index (χ4n) is 4.95. The molecule has 3 heterocycles. The Balaban J connectivity index is 0.000000312. The van der Waals surface area contributed by atoms with E-state index in [1.165, 1.54) is 25.9 Å². The number of nitrogens with zero attached hydrogens (tertiary/aromatic N) is 3. The number of carbonyl (C=O) groups excluding carboxylic acids is 2. The van der Waals surface area contributed by atoms with Gasteiger partial charge in [0.2, 0.25) is 0 Å². The molecule has 5 rings (SSSR count). The number of piperidine rings is 1. The van der Waals surface area contributed by atoms with Crippen LogP contribution in [0.4, 0.5) is 5.82 Å².